The Morgan fingerprint density at radius 2 is 1.94 bits per heavy atom. The number of carboxylic acids is 1. The molecule has 3 rings (SSSR count). The molecule has 0 heterocycles. The molecule has 3 N–H and O–H groups in total. The molecular formula is C27H34N2O4. The van der Waals surface area contributed by atoms with Gasteiger partial charge in [0.2, 0.25) is 0 Å². The Balaban J connectivity index is 1.43. The Bertz CT molecular complexity index is 971. The Hall–Kier alpha value is -2.88. The van der Waals surface area contributed by atoms with E-state index in [1.165, 1.54) is 11.1 Å². The van der Waals surface area contributed by atoms with Gasteiger partial charge in [0.05, 0.1) is 5.56 Å². The van der Waals surface area contributed by atoms with Gasteiger partial charge < -0.3 is 20.3 Å². The topological polar surface area (TPSA) is 103 Å². The number of aliphatic hydroxyl groups excluding tert-OH is 1. The lowest BCUT2D eigenvalue weighted by atomic mass is 9.88. The van der Waals surface area contributed by atoms with Crippen molar-refractivity contribution in [2.45, 2.75) is 64.0 Å². The van der Waals surface area contributed by atoms with Gasteiger partial charge in [0.1, 0.15) is 24.5 Å². The maximum atomic E-state index is 10.7. The molecule has 0 amide bonds. The summed E-state index contributed by atoms with van der Waals surface area (Å²) in [6, 6.07) is 16.0. The minimum Gasteiger partial charge on any atom is -0.489 e. The van der Waals surface area contributed by atoms with Crippen molar-refractivity contribution < 1.29 is 19.7 Å². The summed E-state index contributed by atoms with van der Waals surface area (Å²) in [6.45, 7) is 4.83. The molecule has 2 aromatic rings. The molecule has 1 atom stereocenters. The highest BCUT2D eigenvalue weighted by molar-refractivity contribution is 5.66. The number of nitrogens with zero attached hydrogens (tertiary/aromatic N) is 1. The summed E-state index contributed by atoms with van der Waals surface area (Å²) in [7, 11) is 0. The van der Waals surface area contributed by atoms with Crippen molar-refractivity contribution in [3.8, 4) is 11.8 Å². The third-order valence-electron chi connectivity index (χ3n) is 6.20. The highest BCUT2D eigenvalue weighted by atomic mass is 16.5. The highest BCUT2D eigenvalue weighted by Crippen LogP contribution is 2.31. The van der Waals surface area contributed by atoms with Crippen LogP contribution in [-0.2, 0) is 24.1 Å². The van der Waals surface area contributed by atoms with Gasteiger partial charge in [0.25, 0.3) is 0 Å². The molecule has 0 unspecified atom stereocenters. The molecule has 6 nitrogen and oxygen atoms in total. The van der Waals surface area contributed by atoms with Crippen molar-refractivity contribution in [3.05, 3.63) is 64.7 Å². The predicted octanol–water partition coefficient (Wildman–Crippen LogP) is 3.88. The lowest BCUT2D eigenvalue weighted by Gasteiger charge is -2.30. The van der Waals surface area contributed by atoms with Crippen LogP contribution in [0.25, 0.3) is 0 Å². The molecule has 0 spiro atoms. The summed E-state index contributed by atoms with van der Waals surface area (Å²) in [5.74, 6) is 0.210. The van der Waals surface area contributed by atoms with Crippen LogP contribution in [0.4, 0.5) is 0 Å². The molecule has 2 aromatic carbocycles. The Morgan fingerprint density at radius 1 is 1.24 bits per heavy atom. The number of carboxylic acid groups (broad SMARTS) is 1. The molecule has 0 saturated carbocycles. The Morgan fingerprint density at radius 3 is 2.58 bits per heavy atom. The van der Waals surface area contributed by atoms with Crippen LogP contribution in [0, 0.1) is 17.2 Å². The number of nitriles is 1. The van der Waals surface area contributed by atoms with E-state index in [-0.39, 0.29) is 18.6 Å². The number of aliphatic hydroxyl groups is 1. The first-order valence-corrected chi connectivity index (χ1v) is 11.6. The average Bonchev–Trinajstić information content (AvgIpc) is 3.18. The van der Waals surface area contributed by atoms with E-state index in [4.69, 9.17) is 9.84 Å². The van der Waals surface area contributed by atoms with Gasteiger partial charge in [-0.2, -0.15) is 5.26 Å². The molecule has 0 bridgehead atoms. The minimum atomic E-state index is -0.824. The number of carbonyl (C=O) groups is 1. The van der Waals surface area contributed by atoms with E-state index in [9.17, 15) is 15.2 Å². The molecule has 0 aromatic heterocycles. The van der Waals surface area contributed by atoms with Crippen LogP contribution in [0.2, 0.25) is 0 Å². The van der Waals surface area contributed by atoms with E-state index in [1.807, 2.05) is 6.07 Å². The van der Waals surface area contributed by atoms with Crippen molar-refractivity contribution in [1.82, 2.24) is 5.32 Å². The molecule has 1 aliphatic rings. The lowest BCUT2D eigenvalue weighted by molar-refractivity contribution is -0.137. The number of nitrogens with one attached hydrogen (secondary N) is 1. The highest BCUT2D eigenvalue weighted by Gasteiger charge is 2.28. The van der Waals surface area contributed by atoms with Gasteiger partial charge in [-0.25, -0.2) is 0 Å². The molecule has 0 saturated heterocycles. The van der Waals surface area contributed by atoms with Crippen LogP contribution in [0.3, 0.4) is 0 Å². The van der Waals surface area contributed by atoms with E-state index in [2.05, 4.69) is 49.5 Å². The Kier molecular flexibility index (Phi) is 8.49. The van der Waals surface area contributed by atoms with E-state index in [1.54, 1.807) is 12.1 Å². The van der Waals surface area contributed by atoms with Crippen molar-refractivity contribution in [2.75, 3.05) is 13.2 Å². The maximum Gasteiger partial charge on any atom is 0.303 e. The van der Waals surface area contributed by atoms with Crippen molar-refractivity contribution in [2.24, 2.45) is 5.92 Å². The van der Waals surface area contributed by atoms with Gasteiger partial charge >= 0.3 is 5.97 Å². The number of hydrogen-bond donors (Lipinski definition) is 3. The summed E-state index contributed by atoms with van der Waals surface area (Å²) in [5.41, 5.74) is 4.09. The monoisotopic (exact) mass is 450 g/mol. The van der Waals surface area contributed by atoms with Crippen LogP contribution in [-0.4, -0.2) is 41.0 Å². The van der Waals surface area contributed by atoms with E-state index in [0.29, 0.717) is 36.6 Å². The van der Waals surface area contributed by atoms with Crippen molar-refractivity contribution in [3.63, 3.8) is 0 Å². The summed E-state index contributed by atoms with van der Waals surface area (Å²) in [4.78, 5) is 10.7. The third kappa shape index (κ3) is 7.59. The zero-order valence-electron chi connectivity index (χ0n) is 19.5. The van der Waals surface area contributed by atoms with Gasteiger partial charge in [-0.3, -0.25) is 4.79 Å². The zero-order chi connectivity index (χ0) is 23.8. The van der Waals surface area contributed by atoms with Crippen LogP contribution in [0.5, 0.6) is 5.75 Å². The smallest absolute Gasteiger partial charge is 0.303 e. The van der Waals surface area contributed by atoms with Crippen molar-refractivity contribution >= 4 is 5.97 Å². The summed E-state index contributed by atoms with van der Waals surface area (Å²) < 4.78 is 5.72. The number of hydrogen-bond acceptors (Lipinski definition) is 5. The molecule has 0 radical (unpaired) electrons. The lowest BCUT2D eigenvalue weighted by Crippen LogP contribution is -2.46. The molecule has 176 valence electrons. The quantitative estimate of drug-likeness (QED) is 0.454. The molecule has 33 heavy (non-hydrogen) atoms. The first kappa shape index (κ1) is 24.8. The number of β-amino-alcohol motifs (C(OH)–C–C–N with tert-alkyl or cyclic N) is 1. The van der Waals surface area contributed by atoms with E-state index in [0.717, 1.165) is 24.8 Å². The predicted molar refractivity (Wildman–Crippen MR) is 127 cm³/mol. The van der Waals surface area contributed by atoms with Crippen molar-refractivity contribution in [1.29, 1.82) is 5.26 Å². The van der Waals surface area contributed by atoms with Crippen LogP contribution < -0.4 is 10.1 Å². The number of benzene rings is 2. The standard InChI is InChI=1S/C27H34N2O4/c1-27(2,15-20-13-21-7-3-4-8-22(21)14-20)29-17-24(30)18-33-25-11-10-19(12-23(25)16-28)6-5-9-26(31)32/h3-4,7-8,10-12,20,24,29-30H,5-6,9,13-15,17-18H2,1-2H3,(H,31,32)/t24-/m0/s1. The second-order valence-electron chi connectivity index (χ2n) is 9.67. The van der Waals surface area contributed by atoms with E-state index < -0.39 is 12.1 Å². The zero-order valence-corrected chi connectivity index (χ0v) is 19.5. The maximum absolute atomic E-state index is 10.7. The van der Waals surface area contributed by atoms with Crippen LogP contribution in [0.1, 0.15) is 55.4 Å². The molecule has 0 fully saturated rings. The van der Waals surface area contributed by atoms with Gasteiger partial charge in [-0.1, -0.05) is 30.3 Å². The van der Waals surface area contributed by atoms with Gasteiger partial charge in [0.15, 0.2) is 0 Å². The fourth-order valence-corrected chi connectivity index (χ4v) is 4.62. The summed E-state index contributed by atoms with van der Waals surface area (Å²) >= 11 is 0. The first-order chi connectivity index (χ1) is 15.8. The normalized spacial score (nSPS) is 14.5. The summed E-state index contributed by atoms with van der Waals surface area (Å²) in [6.07, 6.45) is 3.75. The van der Waals surface area contributed by atoms with Gasteiger partial charge in [0, 0.05) is 18.5 Å². The second kappa shape index (κ2) is 11.3. The fourth-order valence-electron chi connectivity index (χ4n) is 4.62. The molecule has 1 aliphatic carbocycles. The Labute approximate surface area is 196 Å². The minimum absolute atomic E-state index is 0.0883. The summed E-state index contributed by atoms with van der Waals surface area (Å²) in [5, 5.41) is 32.1. The van der Waals surface area contributed by atoms with Crippen LogP contribution in [0.15, 0.2) is 42.5 Å². The molecule has 0 aliphatic heterocycles. The number of ether oxygens (including phenoxy) is 1. The number of aliphatic carboxylic acids is 1. The number of fused-ring (bicyclic) bond motifs is 1. The molecular weight excluding hydrogens is 416 g/mol. The fraction of sp³-hybridized carbons (Fsp3) is 0.481. The number of rotatable bonds is 12. The first-order valence-electron chi connectivity index (χ1n) is 11.6. The largest absolute Gasteiger partial charge is 0.489 e. The number of aryl methyl sites for hydroxylation is 1. The molecule has 6 heteroatoms. The van der Waals surface area contributed by atoms with Gasteiger partial charge in [-0.15, -0.1) is 0 Å². The second-order valence-corrected chi connectivity index (χ2v) is 9.67. The average molecular weight is 451 g/mol. The van der Waals surface area contributed by atoms with E-state index >= 15 is 0 Å². The van der Waals surface area contributed by atoms with Gasteiger partial charge in [-0.05, 0) is 80.7 Å². The third-order valence-corrected chi connectivity index (χ3v) is 6.20. The SMILES string of the molecule is CC(C)(CC1Cc2ccccc2C1)NC[C@H](O)COc1ccc(CCCC(=O)O)cc1C#N. The van der Waals surface area contributed by atoms with Crippen LogP contribution >= 0.6 is 0 Å².